The molecule has 4 rings (SSSR count). The quantitative estimate of drug-likeness (QED) is 0.148. The van der Waals surface area contributed by atoms with Crippen LogP contribution in [0.3, 0.4) is 0 Å². The number of aromatic hydroxyl groups is 4. The second-order valence-corrected chi connectivity index (χ2v) is 12.9. The molecule has 1 atom stereocenters. The summed E-state index contributed by atoms with van der Waals surface area (Å²) in [5.41, 5.74) is 3.71. The van der Waals surface area contributed by atoms with Gasteiger partial charge in [0, 0.05) is 19.0 Å². The molecule has 0 aromatic heterocycles. The van der Waals surface area contributed by atoms with Crippen molar-refractivity contribution >= 4 is 55.1 Å². The lowest BCUT2D eigenvalue weighted by atomic mass is 9.93. The SMILES string of the molecule is CCCCCCC(C)c1cc(Cl)c(C)cc1O.Cc1cc(Br)ccc1O.Cc1cc(O)ccc1Cl.Oc1ccc(Br)cc1. The van der Waals surface area contributed by atoms with Gasteiger partial charge in [0.2, 0.25) is 0 Å². The van der Waals surface area contributed by atoms with Crippen LogP contribution in [0.5, 0.6) is 23.0 Å². The number of unbranched alkanes of at least 4 members (excludes halogenated alkanes) is 3. The Morgan fingerprint density at radius 2 is 1.19 bits per heavy atom. The van der Waals surface area contributed by atoms with Crippen LogP contribution in [-0.2, 0) is 0 Å². The Morgan fingerprint density at radius 1 is 0.605 bits per heavy atom. The highest BCUT2D eigenvalue weighted by Gasteiger charge is 2.12. The molecular weight excluding hydrogens is 715 g/mol. The second kappa shape index (κ2) is 20.6. The molecule has 4 N–H and O–H groups in total. The van der Waals surface area contributed by atoms with Gasteiger partial charge >= 0.3 is 0 Å². The molecule has 0 radical (unpaired) electrons. The van der Waals surface area contributed by atoms with E-state index in [9.17, 15) is 5.11 Å². The zero-order valence-corrected chi connectivity index (χ0v) is 30.0. The fourth-order valence-corrected chi connectivity index (χ4v) is 4.83. The van der Waals surface area contributed by atoms with Gasteiger partial charge in [-0.2, -0.15) is 0 Å². The largest absolute Gasteiger partial charge is 0.508 e. The van der Waals surface area contributed by atoms with Gasteiger partial charge < -0.3 is 20.4 Å². The summed E-state index contributed by atoms with van der Waals surface area (Å²) in [7, 11) is 0. The summed E-state index contributed by atoms with van der Waals surface area (Å²) in [6, 6.07) is 20.7. The zero-order valence-electron chi connectivity index (χ0n) is 25.3. The van der Waals surface area contributed by atoms with E-state index >= 15 is 0 Å². The molecule has 0 aliphatic rings. The molecule has 234 valence electrons. The molecule has 0 aliphatic carbocycles. The number of halogens is 4. The van der Waals surface area contributed by atoms with Gasteiger partial charge in [-0.25, -0.2) is 0 Å². The third-order valence-electron chi connectivity index (χ3n) is 6.46. The number of hydrogen-bond donors (Lipinski definition) is 4. The minimum Gasteiger partial charge on any atom is -0.508 e. The summed E-state index contributed by atoms with van der Waals surface area (Å²) in [6.07, 6.45) is 6.18. The molecule has 0 bridgehead atoms. The Balaban J connectivity index is 0.000000304. The molecular formula is C35H42Br2Cl2O4. The molecule has 0 heterocycles. The van der Waals surface area contributed by atoms with Crippen LogP contribution in [0.4, 0.5) is 0 Å². The van der Waals surface area contributed by atoms with E-state index in [4.69, 9.17) is 38.5 Å². The summed E-state index contributed by atoms with van der Waals surface area (Å²) < 4.78 is 1.98. The number of benzene rings is 4. The highest BCUT2D eigenvalue weighted by atomic mass is 79.9. The zero-order chi connectivity index (χ0) is 32.5. The van der Waals surface area contributed by atoms with Gasteiger partial charge in [0.05, 0.1) is 0 Å². The van der Waals surface area contributed by atoms with Gasteiger partial charge in [0.1, 0.15) is 23.0 Å². The number of rotatable bonds is 6. The normalized spacial score (nSPS) is 10.7. The molecule has 0 aliphatic heterocycles. The van der Waals surface area contributed by atoms with Crippen LogP contribution < -0.4 is 0 Å². The lowest BCUT2D eigenvalue weighted by Gasteiger charge is -2.15. The van der Waals surface area contributed by atoms with Crippen molar-refractivity contribution in [3.8, 4) is 23.0 Å². The van der Waals surface area contributed by atoms with Crippen LogP contribution in [-0.4, -0.2) is 20.4 Å². The molecule has 4 nitrogen and oxygen atoms in total. The van der Waals surface area contributed by atoms with Crippen molar-refractivity contribution in [1.82, 2.24) is 0 Å². The van der Waals surface area contributed by atoms with Gasteiger partial charge in [-0.05, 0) is 128 Å². The minimum absolute atomic E-state index is 0.261. The monoisotopic (exact) mass is 754 g/mol. The van der Waals surface area contributed by atoms with Crippen molar-refractivity contribution in [1.29, 1.82) is 0 Å². The van der Waals surface area contributed by atoms with E-state index in [1.165, 1.54) is 25.7 Å². The Hall–Kier alpha value is -2.38. The highest BCUT2D eigenvalue weighted by molar-refractivity contribution is 9.10. The third-order valence-corrected chi connectivity index (χ3v) is 8.31. The number of phenols is 4. The van der Waals surface area contributed by atoms with Gasteiger partial charge in [-0.1, -0.05) is 94.6 Å². The number of aryl methyl sites for hydroxylation is 3. The molecule has 4 aromatic carbocycles. The summed E-state index contributed by atoms with van der Waals surface area (Å²) in [6.45, 7) is 10.0. The second-order valence-electron chi connectivity index (χ2n) is 10.3. The molecule has 8 heteroatoms. The first-order chi connectivity index (χ1) is 20.2. The van der Waals surface area contributed by atoms with Crippen molar-refractivity contribution in [2.45, 2.75) is 72.6 Å². The first kappa shape index (κ1) is 38.6. The van der Waals surface area contributed by atoms with Gasteiger partial charge in [-0.3, -0.25) is 0 Å². The van der Waals surface area contributed by atoms with E-state index in [0.717, 1.165) is 42.6 Å². The highest BCUT2D eigenvalue weighted by Crippen LogP contribution is 2.33. The summed E-state index contributed by atoms with van der Waals surface area (Å²) in [5.74, 6) is 1.67. The van der Waals surface area contributed by atoms with Gasteiger partial charge in [-0.15, -0.1) is 0 Å². The molecule has 0 fully saturated rings. The van der Waals surface area contributed by atoms with Crippen LogP contribution >= 0.6 is 55.1 Å². The lowest BCUT2D eigenvalue weighted by molar-refractivity contribution is 0.457. The molecule has 0 saturated heterocycles. The molecule has 0 amide bonds. The Morgan fingerprint density at radius 3 is 1.70 bits per heavy atom. The van der Waals surface area contributed by atoms with Crippen molar-refractivity contribution in [2.75, 3.05) is 0 Å². The first-order valence-corrected chi connectivity index (χ1v) is 16.4. The molecule has 43 heavy (non-hydrogen) atoms. The molecule has 4 aromatic rings. The smallest absolute Gasteiger partial charge is 0.119 e. The van der Waals surface area contributed by atoms with E-state index in [1.807, 2.05) is 39.0 Å². The van der Waals surface area contributed by atoms with E-state index in [0.29, 0.717) is 28.2 Å². The fourth-order valence-electron chi connectivity index (χ4n) is 3.80. The first-order valence-electron chi connectivity index (χ1n) is 14.1. The predicted octanol–water partition coefficient (Wildman–Crippen LogP) is 12.4. The molecule has 0 spiro atoms. The maximum atomic E-state index is 9.93. The summed E-state index contributed by atoms with van der Waals surface area (Å²) in [4.78, 5) is 0. The van der Waals surface area contributed by atoms with Gasteiger partial charge in [0.15, 0.2) is 0 Å². The number of phenolic OH excluding ortho intramolecular Hbond substituents is 4. The summed E-state index contributed by atoms with van der Waals surface area (Å²) >= 11 is 18.3. The van der Waals surface area contributed by atoms with Crippen molar-refractivity contribution < 1.29 is 20.4 Å². The van der Waals surface area contributed by atoms with Crippen LogP contribution in [0, 0.1) is 20.8 Å². The van der Waals surface area contributed by atoms with Crippen LogP contribution in [0.25, 0.3) is 0 Å². The van der Waals surface area contributed by atoms with Crippen molar-refractivity contribution in [2.24, 2.45) is 0 Å². The van der Waals surface area contributed by atoms with E-state index < -0.39 is 0 Å². The van der Waals surface area contributed by atoms with Crippen molar-refractivity contribution in [3.63, 3.8) is 0 Å². The average molecular weight is 757 g/mol. The molecule has 1 unspecified atom stereocenters. The summed E-state index contributed by atoms with van der Waals surface area (Å²) in [5, 5.41) is 38.0. The van der Waals surface area contributed by atoms with E-state index in [1.54, 1.807) is 54.6 Å². The average Bonchev–Trinajstić information content (AvgIpc) is 2.96. The Kier molecular flexibility index (Phi) is 18.5. The van der Waals surface area contributed by atoms with E-state index in [-0.39, 0.29) is 5.75 Å². The topological polar surface area (TPSA) is 80.9 Å². The predicted molar refractivity (Wildman–Crippen MR) is 189 cm³/mol. The van der Waals surface area contributed by atoms with Crippen LogP contribution in [0.1, 0.15) is 74.1 Å². The standard InChI is InChI=1S/C15H23ClO.C7H7BrO.C7H7ClO.C6H5BrO/c1-4-5-6-7-8-11(2)13-10-14(16)12(3)9-15(13)17;1-5-4-6(8)2-3-7(5)9;1-5-4-6(9)2-3-7(5)8;7-5-1-3-6(8)4-2-5/h9-11,17H,4-8H2,1-3H3;2*2-4,9H,1H3;1-4,8H. The van der Waals surface area contributed by atoms with Crippen LogP contribution in [0.15, 0.2) is 81.7 Å². The van der Waals surface area contributed by atoms with Crippen molar-refractivity contribution in [3.05, 3.63) is 114 Å². The molecule has 0 saturated carbocycles. The van der Waals surface area contributed by atoms with Crippen LogP contribution in [0.2, 0.25) is 10.0 Å². The number of hydrogen-bond acceptors (Lipinski definition) is 4. The maximum Gasteiger partial charge on any atom is 0.119 e. The van der Waals surface area contributed by atoms with E-state index in [2.05, 4.69) is 45.7 Å². The lowest BCUT2D eigenvalue weighted by Crippen LogP contribution is -1.95. The Bertz CT molecular complexity index is 1330. The van der Waals surface area contributed by atoms with Gasteiger partial charge in [0.25, 0.3) is 0 Å². The third kappa shape index (κ3) is 15.8. The maximum absolute atomic E-state index is 9.93. The Labute approximate surface area is 283 Å². The minimum atomic E-state index is 0.261. The fraction of sp³-hybridized carbons (Fsp3) is 0.314.